The van der Waals surface area contributed by atoms with E-state index >= 15 is 0 Å². The summed E-state index contributed by atoms with van der Waals surface area (Å²) in [6.45, 7) is 2.71. The first-order valence-corrected chi connectivity index (χ1v) is 6.26. The van der Waals surface area contributed by atoms with E-state index in [1.54, 1.807) is 18.1 Å². The second kappa shape index (κ2) is 5.06. The van der Waals surface area contributed by atoms with Gasteiger partial charge in [-0.25, -0.2) is 0 Å². The van der Waals surface area contributed by atoms with Crippen LogP contribution in [0.4, 0.5) is 5.69 Å². The van der Waals surface area contributed by atoms with Gasteiger partial charge >= 0.3 is 0 Å². The van der Waals surface area contributed by atoms with Crippen LogP contribution >= 0.6 is 11.6 Å². The van der Waals surface area contributed by atoms with E-state index in [0.29, 0.717) is 10.8 Å². The van der Waals surface area contributed by atoms with Crippen molar-refractivity contribution < 1.29 is 9.53 Å². The largest absolute Gasteiger partial charge is 0.495 e. The fraction of sp³-hybridized carbons (Fsp3) is 0.462. The molecule has 2 rings (SSSR count). The van der Waals surface area contributed by atoms with Crippen LogP contribution in [0.2, 0.25) is 5.02 Å². The third-order valence-electron chi connectivity index (χ3n) is 3.24. The van der Waals surface area contributed by atoms with Crippen LogP contribution in [-0.4, -0.2) is 37.6 Å². The molecule has 1 fully saturated rings. The van der Waals surface area contributed by atoms with Gasteiger partial charge in [0.05, 0.1) is 12.8 Å². The molecule has 1 amide bonds. The zero-order chi connectivity index (χ0) is 13.3. The molecule has 1 atom stereocenters. The van der Waals surface area contributed by atoms with Crippen LogP contribution in [0.15, 0.2) is 12.1 Å². The van der Waals surface area contributed by atoms with Crippen molar-refractivity contribution in [2.45, 2.75) is 19.4 Å². The van der Waals surface area contributed by atoms with E-state index in [2.05, 4.69) is 5.32 Å². The van der Waals surface area contributed by atoms with Gasteiger partial charge in [-0.05, 0) is 25.0 Å². The third kappa shape index (κ3) is 2.38. The third-order valence-corrected chi connectivity index (χ3v) is 3.65. The minimum absolute atomic E-state index is 0.115. The number of ether oxygens (including phenoxy) is 1. The van der Waals surface area contributed by atoms with Crippen LogP contribution < -0.4 is 10.1 Å². The number of carbonyl (C=O) groups excluding carboxylic acids is 1. The lowest BCUT2D eigenvalue weighted by atomic mass is 10.1. The molecule has 1 aliphatic heterocycles. The van der Waals surface area contributed by atoms with Crippen LogP contribution in [0.1, 0.15) is 12.0 Å². The summed E-state index contributed by atoms with van der Waals surface area (Å²) in [5.41, 5.74) is 1.77. The first-order chi connectivity index (χ1) is 8.52. The number of nitrogens with one attached hydrogen (secondary N) is 1. The summed E-state index contributed by atoms with van der Waals surface area (Å²) in [5, 5.41) is 3.89. The highest BCUT2D eigenvalue weighted by atomic mass is 35.5. The Labute approximate surface area is 112 Å². The number of methoxy groups -OCH3 is 1. The van der Waals surface area contributed by atoms with Crippen molar-refractivity contribution in [2.75, 3.05) is 26.0 Å². The Balaban J connectivity index is 2.23. The highest BCUT2D eigenvalue weighted by Gasteiger charge is 2.29. The van der Waals surface area contributed by atoms with Gasteiger partial charge < -0.3 is 15.0 Å². The maximum absolute atomic E-state index is 11.9. The van der Waals surface area contributed by atoms with Gasteiger partial charge in [0.1, 0.15) is 11.8 Å². The molecule has 1 aliphatic rings. The first kappa shape index (κ1) is 13.0. The van der Waals surface area contributed by atoms with Crippen LogP contribution in [0, 0.1) is 6.92 Å². The number of carbonyl (C=O) groups is 1. The topological polar surface area (TPSA) is 41.6 Å². The molecule has 0 aromatic heterocycles. The quantitative estimate of drug-likeness (QED) is 0.915. The number of hydrogen-bond donors (Lipinski definition) is 1. The number of likely N-dealkylation sites (tertiary alicyclic amines) is 1. The van der Waals surface area contributed by atoms with Crippen LogP contribution in [-0.2, 0) is 4.79 Å². The molecule has 1 N–H and O–H groups in total. The Morgan fingerprint density at radius 3 is 2.78 bits per heavy atom. The summed E-state index contributed by atoms with van der Waals surface area (Å²) < 4.78 is 5.28. The van der Waals surface area contributed by atoms with E-state index in [9.17, 15) is 4.79 Å². The normalized spacial score (nSPS) is 19.2. The maximum atomic E-state index is 11.9. The molecule has 4 nitrogen and oxygen atoms in total. The van der Waals surface area contributed by atoms with Crippen LogP contribution in [0.5, 0.6) is 5.75 Å². The summed E-state index contributed by atoms with van der Waals surface area (Å²) in [4.78, 5) is 13.6. The zero-order valence-corrected chi connectivity index (χ0v) is 11.5. The number of aryl methyl sites for hydroxylation is 1. The van der Waals surface area contributed by atoms with Gasteiger partial charge in [-0.15, -0.1) is 0 Å². The van der Waals surface area contributed by atoms with Crippen molar-refractivity contribution in [3.63, 3.8) is 0 Å². The second-order valence-electron chi connectivity index (χ2n) is 4.55. The number of nitrogens with zero attached hydrogens (tertiary/aromatic N) is 1. The van der Waals surface area contributed by atoms with E-state index in [1.807, 2.05) is 20.0 Å². The van der Waals surface area contributed by atoms with Crippen LogP contribution in [0.3, 0.4) is 0 Å². The van der Waals surface area contributed by atoms with Crippen molar-refractivity contribution in [1.82, 2.24) is 4.90 Å². The Morgan fingerprint density at radius 2 is 2.22 bits per heavy atom. The van der Waals surface area contributed by atoms with Crippen molar-refractivity contribution in [1.29, 1.82) is 0 Å². The monoisotopic (exact) mass is 268 g/mol. The molecule has 5 heteroatoms. The standard InChI is InChI=1S/C13H17ClN2O2/c1-8-6-11(12(18-3)7-9(8)14)15-10-4-5-16(2)13(10)17/h6-7,10,15H,4-5H2,1-3H3. The molecular formula is C13H17ClN2O2. The summed E-state index contributed by atoms with van der Waals surface area (Å²) >= 11 is 6.05. The summed E-state index contributed by atoms with van der Waals surface area (Å²) in [7, 11) is 3.41. The highest BCUT2D eigenvalue weighted by molar-refractivity contribution is 6.31. The number of anilines is 1. The van der Waals surface area contributed by atoms with Crippen molar-refractivity contribution in [3.05, 3.63) is 22.7 Å². The van der Waals surface area contributed by atoms with Gasteiger partial charge in [-0.1, -0.05) is 11.6 Å². The minimum atomic E-state index is -0.176. The van der Waals surface area contributed by atoms with Crippen molar-refractivity contribution in [3.8, 4) is 5.75 Å². The fourth-order valence-electron chi connectivity index (χ4n) is 2.09. The summed E-state index contributed by atoms with van der Waals surface area (Å²) in [6, 6.07) is 3.50. The van der Waals surface area contributed by atoms with E-state index < -0.39 is 0 Å². The lowest BCUT2D eigenvalue weighted by molar-refractivity contribution is -0.127. The Kier molecular flexibility index (Phi) is 3.66. The minimum Gasteiger partial charge on any atom is -0.495 e. The molecule has 0 bridgehead atoms. The lowest BCUT2D eigenvalue weighted by Crippen LogP contribution is -2.31. The molecule has 0 aliphatic carbocycles. The smallest absolute Gasteiger partial charge is 0.244 e. The van der Waals surface area contributed by atoms with Crippen LogP contribution in [0.25, 0.3) is 0 Å². The molecular weight excluding hydrogens is 252 g/mol. The molecule has 18 heavy (non-hydrogen) atoms. The molecule has 98 valence electrons. The van der Waals surface area contributed by atoms with Crippen molar-refractivity contribution in [2.24, 2.45) is 0 Å². The Hall–Kier alpha value is -1.42. The van der Waals surface area contributed by atoms with Gasteiger partial charge in [0.25, 0.3) is 0 Å². The molecule has 1 aromatic carbocycles. The maximum Gasteiger partial charge on any atom is 0.244 e. The van der Waals surface area contributed by atoms with E-state index in [-0.39, 0.29) is 11.9 Å². The number of benzene rings is 1. The number of halogens is 1. The molecule has 1 heterocycles. The van der Waals surface area contributed by atoms with Crippen molar-refractivity contribution >= 4 is 23.2 Å². The van der Waals surface area contributed by atoms with Gasteiger partial charge in [0, 0.05) is 24.7 Å². The predicted octanol–water partition coefficient (Wildman–Crippen LogP) is 2.30. The number of likely N-dealkylation sites (N-methyl/N-ethyl adjacent to an activating group) is 1. The van der Waals surface area contributed by atoms with Gasteiger partial charge in [-0.2, -0.15) is 0 Å². The number of amides is 1. The highest BCUT2D eigenvalue weighted by Crippen LogP contribution is 2.32. The second-order valence-corrected chi connectivity index (χ2v) is 4.95. The fourth-order valence-corrected chi connectivity index (χ4v) is 2.24. The predicted molar refractivity (Wildman–Crippen MR) is 72.4 cm³/mol. The van der Waals surface area contributed by atoms with E-state index in [4.69, 9.17) is 16.3 Å². The Morgan fingerprint density at radius 1 is 1.50 bits per heavy atom. The molecule has 0 saturated carbocycles. The zero-order valence-electron chi connectivity index (χ0n) is 10.8. The molecule has 0 spiro atoms. The first-order valence-electron chi connectivity index (χ1n) is 5.88. The van der Waals surface area contributed by atoms with Gasteiger partial charge in [-0.3, -0.25) is 4.79 Å². The van der Waals surface area contributed by atoms with E-state index in [0.717, 1.165) is 24.2 Å². The van der Waals surface area contributed by atoms with Gasteiger partial charge in [0.15, 0.2) is 0 Å². The summed E-state index contributed by atoms with van der Waals surface area (Å²) in [5.74, 6) is 0.776. The molecule has 1 aromatic rings. The SMILES string of the molecule is COc1cc(Cl)c(C)cc1NC1CCN(C)C1=O. The number of rotatable bonds is 3. The lowest BCUT2D eigenvalue weighted by Gasteiger charge is -2.17. The van der Waals surface area contributed by atoms with Gasteiger partial charge in [0.2, 0.25) is 5.91 Å². The average molecular weight is 269 g/mol. The summed E-state index contributed by atoms with van der Waals surface area (Å²) in [6.07, 6.45) is 0.806. The molecule has 0 radical (unpaired) electrons. The average Bonchev–Trinajstić information content (AvgIpc) is 2.65. The molecule has 1 saturated heterocycles. The Bertz CT molecular complexity index is 476. The van der Waals surface area contributed by atoms with E-state index in [1.165, 1.54) is 0 Å². The number of hydrogen-bond acceptors (Lipinski definition) is 3. The molecule has 1 unspecified atom stereocenters.